The van der Waals surface area contributed by atoms with Crippen molar-refractivity contribution in [2.75, 3.05) is 39.8 Å². The molecule has 0 bridgehead atoms. The zero-order valence-corrected chi connectivity index (χ0v) is 16.3. The molecule has 1 saturated heterocycles. The molecule has 5 nitrogen and oxygen atoms in total. The Morgan fingerprint density at radius 1 is 1.43 bits per heavy atom. The lowest BCUT2D eigenvalue weighted by Gasteiger charge is -2.21. The second kappa shape index (κ2) is 11.5. The summed E-state index contributed by atoms with van der Waals surface area (Å²) in [4.78, 5) is 9.20. The van der Waals surface area contributed by atoms with E-state index in [4.69, 9.17) is 0 Å². The summed E-state index contributed by atoms with van der Waals surface area (Å²) in [5.74, 6) is 0.960. The predicted octanol–water partition coefficient (Wildman–Crippen LogP) is 1.76. The van der Waals surface area contributed by atoms with E-state index < -0.39 is 0 Å². The van der Waals surface area contributed by atoms with Crippen LogP contribution < -0.4 is 5.32 Å². The van der Waals surface area contributed by atoms with Gasteiger partial charge in [-0.25, -0.2) is 0 Å². The fourth-order valence-corrected chi connectivity index (χ4v) is 2.28. The van der Waals surface area contributed by atoms with Crippen molar-refractivity contribution in [2.45, 2.75) is 52.2 Å². The predicted molar refractivity (Wildman–Crippen MR) is 101 cm³/mol. The number of hydrogen-bond donors (Lipinski definition) is 2. The zero-order valence-electron chi connectivity index (χ0n) is 14.0. The van der Waals surface area contributed by atoms with E-state index in [1.54, 1.807) is 0 Å². The molecule has 0 aliphatic carbocycles. The van der Waals surface area contributed by atoms with Crippen LogP contribution in [0.3, 0.4) is 0 Å². The first kappa shape index (κ1) is 20.9. The van der Waals surface area contributed by atoms with Crippen LogP contribution in [0.1, 0.15) is 40.0 Å². The number of aliphatic hydroxyl groups is 1. The van der Waals surface area contributed by atoms with Crippen LogP contribution in [-0.4, -0.2) is 72.8 Å². The molecule has 1 aliphatic heterocycles. The van der Waals surface area contributed by atoms with Crippen LogP contribution in [0.25, 0.3) is 0 Å². The normalized spacial score (nSPS) is 19.3. The molecule has 1 rings (SSSR count). The highest BCUT2D eigenvalue weighted by Crippen LogP contribution is 2.09. The average molecular weight is 412 g/mol. The first-order valence-electron chi connectivity index (χ1n) is 7.96. The van der Waals surface area contributed by atoms with E-state index in [2.05, 4.69) is 47.9 Å². The van der Waals surface area contributed by atoms with Crippen molar-refractivity contribution in [3.05, 3.63) is 0 Å². The van der Waals surface area contributed by atoms with Gasteiger partial charge in [-0.2, -0.15) is 0 Å². The second-order valence-corrected chi connectivity index (χ2v) is 5.91. The molecule has 1 atom stereocenters. The van der Waals surface area contributed by atoms with Gasteiger partial charge in [0.25, 0.3) is 0 Å². The van der Waals surface area contributed by atoms with Gasteiger partial charge in [0.2, 0.25) is 0 Å². The highest BCUT2D eigenvalue weighted by molar-refractivity contribution is 14.0. The van der Waals surface area contributed by atoms with E-state index in [1.165, 1.54) is 6.42 Å². The van der Waals surface area contributed by atoms with E-state index in [0.29, 0.717) is 12.6 Å². The largest absolute Gasteiger partial charge is 0.391 e. The van der Waals surface area contributed by atoms with Gasteiger partial charge in [0.05, 0.1) is 6.10 Å². The molecule has 6 heteroatoms. The summed E-state index contributed by atoms with van der Waals surface area (Å²) in [6.45, 7) is 11.0. The fourth-order valence-electron chi connectivity index (χ4n) is 2.28. The van der Waals surface area contributed by atoms with Gasteiger partial charge in [0.1, 0.15) is 0 Å². The minimum absolute atomic E-state index is 0. The van der Waals surface area contributed by atoms with Gasteiger partial charge in [-0.05, 0) is 53.6 Å². The Kier molecular flexibility index (Phi) is 11.4. The number of aliphatic imine (C=N–C) groups is 1. The van der Waals surface area contributed by atoms with Crippen LogP contribution in [-0.2, 0) is 0 Å². The highest BCUT2D eigenvalue weighted by Gasteiger charge is 2.22. The number of guanidine groups is 1. The first-order valence-corrected chi connectivity index (χ1v) is 7.96. The number of hydrogen-bond acceptors (Lipinski definition) is 3. The van der Waals surface area contributed by atoms with Crippen molar-refractivity contribution in [3.63, 3.8) is 0 Å². The number of aliphatic hydroxyl groups excluding tert-OH is 1. The van der Waals surface area contributed by atoms with E-state index in [1.807, 2.05) is 0 Å². The van der Waals surface area contributed by atoms with E-state index >= 15 is 0 Å². The molecule has 1 fully saturated rings. The average Bonchev–Trinajstić information content (AvgIpc) is 2.83. The molecule has 0 aromatic rings. The Labute approximate surface area is 147 Å². The quantitative estimate of drug-likeness (QED) is 0.290. The van der Waals surface area contributed by atoms with Gasteiger partial charge in [0, 0.05) is 32.2 Å². The standard InChI is InChI=1S/C15H32N4O.HI/c1-5-16-15(19-11-8-14(20)12-19)17-9-6-7-10-18(4)13(2)3;/h13-14,20H,5-12H2,1-4H3,(H,16,17);1H/t14-;/m1./s1. The summed E-state index contributed by atoms with van der Waals surface area (Å²) in [5, 5.41) is 12.9. The Morgan fingerprint density at radius 3 is 2.67 bits per heavy atom. The molecule has 0 spiro atoms. The van der Waals surface area contributed by atoms with Crippen molar-refractivity contribution >= 4 is 29.9 Å². The van der Waals surface area contributed by atoms with Crippen LogP contribution >= 0.6 is 24.0 Å². The van der Waals surface area contributed by atoms with Crippen LogP contribution in [0.2, 0.25) is 0 Å². The monoisotopic (exact) mass is 412 g/mol. The molecule has 126 valence electrons. The summed E-state index contributed by atoms with van der Waals surface area (Å²) >= 11 is 0. The molecular formula is C15H33IN4O. The van der Waals surface area contributed by atoms with Crippen LogP contribution in [0.4, 0.5) is 0 Å². The second-order valence-electron chi connectivity index (χ2n) is 5.91. The fraction of sp³-hybridized carbons (Fsp3) is 0.933. The first-order chi connectivity index (χ1) is 9.54. The minimum atomic E-state index is -0.196. The summed E-state index contributed by atoms with van der Waals surface area (Å²) in [6, 6.07) is 0.613. The molecule has 0 amide bonds. The van der Waals surface area contributed by atoms with Crippen molar-refractivity contribution in [1.29, 1.82) is 0 Å². The molecule has 0 unspecified atom stereocenters. The number of β-amino-alcohol motifs (C(OH)–C–C–N with tert-alkyl or cyclic N) is 1. The SMILES string of the molecule is CCNC(=NCCCCN(C)C(C)C)N1CC[C@@H](O)C1.I. The third kappa shape index (κ3) is 8.21. The number of halogens is 1. The Bertz CT molecular complexity index is 299. The summed E-state index contributed by atoms with van der Waals surface area (Å²) in [6.07, 6.45) is 2.95. The Morgan fingerprint density at radius 2 is 2.14 bits per heavy atom. The van der Waals surface area contributed by atoms with Crippen molar-refractivity contribution in [2.24, 2.45) is 4.99 Å². The lowest BCUT2D eigenvalue weighted by molar-refractivity contribution is 0.188. The van der Waals surface area contributed by atoms with E-state index in [9.17, 15) is 5.11 Å². The van der Waals surface area contributed by atoms with Crippen LogP contribution in [0.15, 0.2) is 4.99 Å². The summed E-state index contributed by atoms with van der Waals surface area (Å²) < 4.78 is 0. The molecule has 1 aliphatic rings. The number of unbranched alkanes of at least 4 members (excludes halogenated alkanes) is 1. The van der Waals surface area contributed by atoms with Crippen LogP contribution in [0.5, 0.6) is 0 Å². The van der Waals surface area contributed by atoms with Crippen LogP contribution in [0, 0.1) is 0 Å². The smallest absolute Gasteiger partial charge is 0.194 e. The third-order valence-corrected chi connectivity index (χ3v) is 3.86. The van der Waals surface area contributed by atoms with Gasteiger partial charge in [-0.3, -0.25) is 4.99 Å². The van der Waals surface area contributed by atoms with Gasteiger partial charge in [-0.15, -0.1) is 24.0 Å². The summed E-state index contributed by atoms with van der Waals surface area (Å²) in [5.41, 5.74) is 0. The molecule has 1 heterocycles. The maximum atomic E-state index is 9.61. The van der Waals surface area contributed by atoms with Gasteiger partial charge in [0.15, 0.2) is 5.96 Å². The number of likely N-dealkylation sites (tertiary alicyclic amines) is 1. The topological polar surface area (TPSA) is 51.1 Å². The molecule has 2 N–H and O–H groups in total. The lowest BCUT2D eigenvalue weighted by Crippen LogP contribution is -2.40. The van der Waals surface area contributed by atoms with Gasteiger partial charge in [-0.1, -0.05) is 0 Å². The minimum Gasteiger partial charge on any atom is -0.391 e. The molecule has 0 saturated carbocycles. The molecular weight excluding hydrogens is 379 g/mol. The molecule has 0 aromatic heterocycles. The maximum absolute atomic E-state index is 9.61. The van der Waals surface area contributed by atoms with Gasteiger partial charge < -0.3 is 20.2 Å². The van der Waals surface area contributed by atoms with Crippen molar-refractivity contribution in [3.8, 4) is 0 Å². The van der Waals surface area contributed by atoms with E-state index in [-0.39, 0.29) is 30.1 Å². The molecule has 21 heavy (non-hydrogen) atoms. The van der Waals surface area contributed by atoms with Crippen molar-refractivity contribution < 1.29 is 5.11 Å². The van der Waals surface area contributed by atoms with Gasteiger partial charge >= 0.3 is 0 Å². The van der Waals surface area contributed by atoms with Crippen molar-refractivity contribution in [1.82, 2.24) is 15.1 Å². The number of nitrogens with one attached hydrogen (secondary N) is 1. The molecule has 0 aromatic carbocycles. The number of rotatable bonds is 7. The van der Waals surface area contributed by atoms with E-state index in [0.717, 1.165) is 45.0 Å². The number of nitrogens with zero attached hydrogens (tertiary/aromatic N) is 3. The zero-order chi connectivity index (χ0) is 15.0. The Hall–Kier alpha value is -0.0800. The molecule has 0 radical (unpaired) electrons. The highest BCUT2D eigenvalue weighted by atomic mass is 127. The maximum Gasteiger partial charge on any atom is 0.194 e. The third-order valence-electron chi connectivity index (χ3n) is 3.86. The summed E-state index contributed by atoms with van der Waals surface area (Å²) in [7, 11) is 2.17. The lowest BCUT2D eigenvalue weighted by atomic mass is 10.2. The Balaban J connectivity index is 0.00000400.